The van der Waals surface area contributed by atoms with Gasteiger partial charge in [0, 0.05) is 5.56 Å². The molecule has 24 heavy (non-hydrogen) atoms. The number of alkyl halides is 1. The van der Waals surface area contributed by atoms with Crippen molar-refractivity contribution in [2.45, 2.75) is 50.8 Å². The van der Waals surface area contributed by atoms with Crippen molar-refractivity contribution in [3.8, 4) is 11.3 Å². The number of carbonyl (C=O) groups is 1. The molecule has 2 rings (SSSR count). The lowest BCUT2D eigenvalue weighted by molar-refractivity contribution is -0.140. The first-order valence-corrected chi connectivity index (χ1v) is 8.67. The number of unbranched alkanes of at least 4 members (excludes halogenated alkanes) is 3. The maximum atomic E-state index is 11.1. The van der Waals surface area contributed by atoms with Gasteiger partial charge in [0.2, 0.25) is 0 Å². The SMILES string of the molecule is CCCCCCc1ccc(-c2cnc([C@@](C)(Cl)C(=O)O)cn2)cc1. The maximum absolute atomic E-state index is 11.1. The zero-order chi connectivity index (χ0) is 17.6. The summed E-state index contributed by atoms with van der Waals surface area (Å²) in [5.74, 6) is -1.14. The number of rotatable bonds is 8. The molecule has 0 bridgehead atoms. The Morgan fingerprint density at radius 2 is 1.83 bits per heavy atom. The zero-order valence-corrected chi connectivity index (χ0v) is 14.9. The van der Waals surface area contributed by atoms with E-state index in [-0.39, 0.29) is 5.69 Å². The Balaban J connectivity index is 2.05. The van der Waals surface area contributed by atoms with E-state index in [0.717, 1.165) is 12.0 Å². The van der Waals surface area contributed by atoms with Crippen molar-refractivity contribution in [3.63, 3.8) is 0 Å². The molecule has 0 saturated heterocycles. The molecule has 0 amide bonds. The molecule has 0 radical (unpaired) electrons. The first-order valence-electron chi connectivity index (χ1n) is 8.29. The van der Waals surface area contributed by atoms with Crippen LogP contribution in [0, 0.1) is 0 Å². The van der Waals surface area contributed by atoms with Crippen molar-refractivity contribution in [2.24, 2.45) is 0 Å². The van der Waals surface area contributed by atoms with Crippen LogP contribution in [-0.4, -0.2) is 21.0 Å². The van der Waals surface area contributed by atoms with Crippen LogP contribution in [0.2, 0.25) is 0 Å². The molecule has 1 N–H and O–H groups in total. The van der Waals surface area contributed by atoms with Gasteiger partial charge in [-0.15, -0.1) is 0 Å². The summed E-state index contributed by atoms with van der Waals surface area (Å²) >= 11 is 5.98. The van der Waals surface area contributed by atoms with Crippen LogP contribution in [0.15, 0.2) is 36.7 Å². The molecule has 0 aliphatic carbocycles. The summed E-state index contributed by atoms with van der Waals surface area (Å²) in [5.41, 5.74) is 3.21. The van der Waals surface area contributed by atoms with Crippen LogP contribution in [0.5, 0.6) is 0 Å². The third-order valence-corrected chi connectivity index (χ3v) is 4.46. The summed E-state index contributed by atoms with van der Waals surface area (Å²) in [5, 5.41) is 9.12. The van der Waals surface area contributed by atoms with E-state index in [1.807, 2.05) is 12.1 Å². The molecule has 0 unspecified atom stereocenters. The summed E-state index contributed by atoms with van der Waals surface area (Å²) < 4.78 is 0. The van der Waals surface area contributed by atoms with Gasteiger partial charge in [-0.2, -0.15) is 0 Å². The van der Waals surface area contributed by atoms with Gasteiger partial charge in [0.05, 0.1) is 23.8 Å². The smallest absolute Gasteiger partial charge is 0.330 e. The summed E-state index contributed by atoms with van der Waals surface area (Å²) in [6, 6.07) is 8.27. The molecule has 1 aromatic heterocycles. The highest BCUT2D eigenvalue weighted by molar-refractivity contribution is 6.33. The monoisotopic (exact) mass is 346 g/mol. The fourth-order valence-electron chi connectivity index (χ4n) is 2.43. The molecule has 0 spiro atoms. The van der Waals surface area contributed by atoms with Crippen LogP contribution in [0.25, 0.3) is 11.3 Å². The number of benzene rings is 1. The summed E-state index contributed by atoms with van der Waals surface area (Å²) in [4.78, 5) is 18.0. The predicted octanol–water partition coefficient (Wildman–Crippen LogP) is 4.81. The van der Waals surface area contributed by atoms with E-state index in [2.05, 4.69) is 29.0 Å². The average Bonchev–Trinajstić information content (AvgIpc) is 2.59. The van der Waals surface area contributed by atoms with E-state index in [1.165, 1.54) is 44.4 Å². The van der Waals surface area contributed by atoms with Crippen molar-refractivity contribution in [1.82, 2.24) is 9.97 Å². The number of carboxylic acids is 1. The molecular formula is C19H23ClN2O2. The second-order valence-corrected chi connectivity index (χ2v) is 6.86. The fourth-order valence-corrected chi connectivity index (χ4v) is 2.52. The van der Waals surface area contributed by atoms with Gasteiger partial charge < -0.3 is 5.11 Å². The molecule has 128 valence electrons. The molecule has 5 heteroatoms. The van der Waals surface area contributed by atoms with Crippen LogP contribution >= 0.6 is 11.6 Å². The average molecular weight is 347 g/mol. The number of aryl methyl sites for hydroxylation is 1. The van der Waals surface area contributed by atoms with Crippen LogP contribution < -0.4 is 0 Å². The van der Waals surface area contributed by atoms with E-state index >= 15 is 0 Å². The molecule has 1 aromatic carbocycles. The van der Waals surface area contributed by atoms with Gasteiger partial charge in [0.1, 0.15) is 0 Å². The lowest BCUT2D eigenvalue weighted by Crippen LogP contribution is -2.27. The number of hydrogen-bond donors (Lipinski definition) is 1. The Morgan fingerprint density at radius 1 is 1.12 bits per heavy atom. The van der Waals surface area contributed by atoms with Crippen LogP contribution in [0.4, 0.5) is 0 Å². The minimum atomic E-state index is -1.56. The summed E-state index contributed by atoms with van der Waals surface area (Å²) in [6.07, 6.45) is 9.10. The van der Waals surface area contributed by atoms with Crippen LogP contribution in [0.1, 0.15) is 50.8 Å². The lowest BCUT2D eigenvalue weighted by Gasteiger charge is -2.15. The Hall–Kier alpha value is -1.94. The molecule has 4 nitrogen and oxygen atoms in total. The highest BCUT2D eigenvalue weighted by Gasteiger charge is 2.34. The topological polar surface area (TPSA) is 63.1 Å². The molecule has 0 fully saturated rings. The molecule has 1 heterocycles. The summed E-state index contributed by atoms with van der Waals surface area (Å²) in [6.45, 7) is 3.61. The van der Waals surface area contributed by atoms with Crippen molar-refractivity contribution in [1.29, 1.82) is 0 Å². The predicted molar refractivity (Wildman–Crippen MR) is 96.2 cm³/mol. The molecule has 2 aromatic rings. The fraction of sp³-hybridized carbons (Fsp3) is 0.421. The molecule has 0 aliphatic heterocycles. The van der Waals surface area contributed by atoms with E-state index < -0.39 is 10.8 Å². The normalized spacial score (nSPS) is 13.5. The van der Waals surface area contributed by atoms with Gasteiger partial charge in [0.15, 0.2) is 4.87 Å². The minimum Gasteiger partial charge on any atom is -0.480 e. The van der Waals surface area contributed by atoms with Gasteiger partial charge in [-0.1, -0.05) is 62.1 Å². The maximum Gasteiger partial charge on any atom is 0.330 e. The van der Waals surface area contributed by atoms with Crippen LogP contribution in [0.3, 0.4) is 0 Å². The van der Waals surface area contributed by atoms with Gasteiger partial charge in [0.25, 0.3) is 0 Å². The Kier molecular flexibility index (Phi) is 6.32. The minimum absolute atomic E-state index is 0.230. The van der Waals surface area contributed by atoms with Crippen molar-refractivity contribution in [2.75, 3.05) is 0 Å². The number of nitrogens with zero attached hydrogens (tertiary/aromatic N) is 2. The van der Waals surface area contributed by atoms with Crippen molar-refractivity contribution in [3.05, 3.63) is 47.9 Å². The van der Waals surface area contributed by atoms with E-state index in [4.69, 9.17) is 16.7 Å². The largest absolute Gasteiger partial charge is 0.480 e. The second kappa shape index (κ2) is 8.25. The first kappa shape index (κ1) is 18.4. The van der Waals surface area contributed by atoms with Gasteiger partial charge >= 0.3 is 5.97 Å². The third-order valence-electron chi connectivity index (χ3n) is 4.10. The van der Waals surface area contributed by atoms with Gasteiger partial charge in [-0.3, -0.25) is 9.97 Å². The molecule has 1 atom stereocenters. The second-order valence-electron chi connectivity index (χ2n) is 6.10. The quantitative estimate of drug-likeness (QED) is 0.550. The highest BCUT2D eigenvalue weighted by atomic mass is 35.5. The Labute approximate surface area is 147 Å². The Bertz CT molecular complexity index is 667. The van der Waals surface area contributed by atoms with Crippen LogP contribution in [-0.2, 0) is 16.1 Å². The molecule has 0 aliphatic rings. The number of carboxylic acid groups (broad SMARTS) is 1. The number of halogens is 1. The lowest BCUT2D eigenvalue weighted by atomic mass is 10.0. The van der Waals surface area contributed by atoms with Crippen molar-refractivity contribution < 1.29 is 9.90 Å². The standard InChI is InChI=1S/C19H23ClN2O2/c1-3-4-5-6-7-14-8-10-15(11-9-14)16-12-22-17(13-21-16)19(2,20)18(23)24/h8-13H,3-7H2,1-2H3,(H,23,24)/t19-/m1/s1. The van der Waals surface area contributed by atoms with E-state index in [0.29, 0.717) is 5.69 Å². The van der Waals surface area contributed by atoms with E-state index in [1.54, 1.807) is 6.20 Å². The highest BCUT2D eigenvalue weighted by Crippen LogP contribution is 2.27. The third kappa shape index (κ3) is 4.54. The zero-order valence-electron chi connectivity index (χ0n) is 14.1. The first-order chi connectivity index (χ1) is 11.4. The number of hydrogen-bond acceptors (Lipinski definition) is 3. The number of aliphatic carboxylic acids is 1. The molecule has 0 saturated carbocycles. The Morgan fingerprint density at radius 3 is 2.38 bits per heavy atom. The van der Waals surface area contributed by atoms with Gasteiger partial charge in [-0.25, -0.2) is 4.79 Å². The van der Waals surface area contributed by atoms with Crippen molar-refractivity contribution >= 4 is 17.6 Å². The molecular weight excluding hydrogens is 324 g/mol. The van der Waals surface area contributed by atoms with Gasteiger partial charge in [-0.05, 0) is 25.3 Å². The number of aromatic nitrogens is 2. The van der Waals surface area contributed by atoms with E-state index in [9.17, 15) is 4.79 Å². The summed E-state index contributed by atoms with van der Waals surface area (Å²) in [7, 11) is 0.